The monoisotopic (exact) mass is 550 g/mol. The number of nitrogens with zero attached hydrogens (tertiary/aromatic N) is 4. The van der Waals surface area contributed by atoms with E-state index in [0.717, 1.165) is 17.7 Å². The third-order valence-corrected chi connectivity index (χ3v) is 8.74. The molecule has 1 aliphatic carbocycles. The van der Waals surface area contributed by atoms with Crippen molar-refractivity contribution in [3.8, 4) is 11.3 Å². The molecule has 2 fully saturated rings. The number of halogens is 2. The predicted octanol–water partition coefficient (Wildman–Crippen LogP) is 4.28. The fourth-order valence-corrected chi connectivity index (χ4v) is 5.78. The molecule has 4 aromatic rings. The molecule has 2 aliphatic rings. The van der Waals surface area contributed by atoms with Crippen LogP contribution in [0.3, 0.4) is 0 Å². The van der Waals surface area contributed by atoms with Gasteiger partial charge in [-0.05, 0) is 73.1 Å². The number of hydrogen-bond acceptors (Lipinski definition) is 8. The second-order valence-corrected chi connectivity index (χ2v) is 11.1. The van der Waals surface area contributed by atoms with Gasteiger partial charge >= 0.3 is 0 Å². The molecule has 0 radical (unpaired) electrons. The van der Waals surface area contributed by atoms with E-state index >= 15 is 8.78 Å². The maximum Gasteiger partial charge on any atom is 0.229 e. The topological polar surface area (TPSA) is 120 Å². The van der Waals surface area contributed by atoms with Crippen molar-refractivity contribution in [2.45, 2.75) is 49.9 Å². The summed E-state index contributed by atoms with van der Waals surface area (Å²) in [4.78, 5) is 8.75. The Morgan fingerprint density at radius 1 is 1.15 bits per heavy atom. The average Bonchev–Trinajstić information content (AvgIpc) is 3.29. The van der Waals surface area contributed by atoms with Crippen LogP contribution >= 0.6 is 0 Å². The van der Waals surface area contributed by atoms with E-state index in [9.17, 15) is 5.11 Å². The molecule has 4 atom stereocenters. The zero-order chi connectivity index (χ0) is 28.2. The number of rotatable bonds is 6. The number of pyridine rings is 1. The van der Waals surface area contributed by atoms with E-state index in [-0.39, 0.29) is 42.3 Å². The van der Waals surface area contributed by atoms with Crippen molar-refractivity contribution >= 4 is 17.2 Å². The van der Waals surface area contributed by atoms with E-state index in [1.807, 2.05) is 13.0 Å². The van der Waals surface area contributed by atoms with Gasteiger partial charge in [0.25, 0.3) is 0 Å². The summed E-state index contributed by atoms with van der Waals surface area (Å²) in [5.74, 6) is -1.01. The molecule has 4 N–H and O–H groups in total. The molecule has 9 nitrogen and oxygen atoms in total. The molecular formula is C29H32F2N6O3. The third kappa shape index (κ3) is 4.33. The highest BCUT2D eigenvalue weighted by atomic mass is 19.1. The summed E-state index contributed by atoms with van der Waals surface area (Å²) in [5.41, 5.74) is 7.19. The number of nitrogens with one attached hydrogen (secondary N) is 1. The molecule has 1 aliphatic heterocycles. The Morgan fingerprint density at radius 2 is 1.90 bits per heavy atom. The van der Waals surface area contributed by atoms with Crippen molar-refractivity contribution in [3.63, 3.8) is 0 Å². The molecule has 1 saturated heterocycles. The van der Waals surface area contributed by atoms with Gasteiger partial charge in [-0.3, -0.25) is 4.98 Å². The lowest BCUT2D eigenvalue weighted by molar-refractivity contribution is -0.202. The van der Waals surface area contributed by atoms with Crippen LogP contribution in [0.25, 0.3) is 16.8 Å². The Hall–Kier alpha value is -3.51. The van der Waals surface area contributed by atoms with Crippen molar-refractivity contribution in [1.29, 1.82) is 0 Å². The molecule has 0 unspecified atom stereocenters. The number of imidazole rings is 1. The summed E-state index contributed by atoms with van der Waals surface area (Å²) in [7, 11) is 1.50. The fourth-order valence-electron chi connectivity index (χ4n) is 5.78. The molecule has 0 spiro atoms. The minimum absolute atomic E-state index is 0.00510. The van der Waals surface area contributed by atoms with Crippen LogP contribution in [0.1, 0.15) is 43.7 Å². The molecule has 1 saturated carbocycles. The fraction of sp³-hybridized carbons (Fsp3) is 0.414. The van der Waals surface area contributed by atoms with Crippen molar-refractivity contribution in [3.05, 3.63) is 71.7 Å². The zero-order valence-electron chi connectivity index (χ0n) is 22.6. The highest BCUT2D eigenvalue weighted by Gasteiger charge is 2.43. The summed E-state index contributed by atoms with van der Waals surface area (Å²) >= 11 is 0. The van der Waals surface area contributed by atoms with Gasteiger partial charge in [0.15, 0.2) is 0 Å². The molecular weight excluding hydrogens is 518 g/mol. The normalized spacial score (nSPS) is 26.0. The number of aliphatic hydroxyl groups is 1. The first-order chi connectivity index (χ1) is 19.1. The van der Waals surface area contributed by atoms with Gasteiger partial charge < -0.3 is 25.6 Å². The number of aromatic nitrogens is 4. The van der Waals surface area contributed by atoms with Crippen LogP contribution in [0.4, 0.5) is 20.4 Å². The first kappa shape index (κ1) is 26.7. The van der Waals surface area contributed by atoms with E-state index in [0.29, 0.717) is 23.4 Å². The summed E-state index contributed by atoms with van der Waals surface area (Å²) in [6.07, 6.45) is 6.43. The van der Waals surface area contributed by atoms with Crippen LogP contribution in [-0.2, 0) is 15.1 Å². The Labute approximate surface area is 230 Å². The van der Waals surface area contributed by atoms with Crippen molar-refractivity contribution in [2.75, 3.05) is 25.6 Å². The SMILES string of the molecule is COC1(c2cc(F)c(-c3ccc4cnc(Nc5cnccc5[C@H]5C[C@@H](N)[C@](C)(O)[C@@H](C)C5)n4n3)c(F)c2)COC1. The van der Waals surface area contributed by atoms with Gasteiger partial charge in [-0.1, -0.05) is 6.92 Å². The summed E-state index contributed by atoms with van der Waals surface area (Å²) < 4.78 is 42.9. The number of nitrogens with two attached hydrogens (primary N) is 1. The number of benzene rings is 1. The molecule has 0 bridgehead atoms. The third-order valence-electron chi connectivity index (χ3n) is 8.74. The molecule has 6 rings (SSSR count). The minimum atomic E-state index is -0.935. The molecule has 210 valence electrons. The van der Waals surface area contributed by atoms with Crippen molar-refractivity contribution in [1.82, 2.24) is 19.6 Å². The maximum atomic E-state index is 15.3. The standard InChI is InChI=1S/C29H32F2N6O3/c1-16-8-17(9-25(32)28(16,2)38)20-6-7-33-13-24(20)35-27-34-12-19-4-5-23(36-37(19)27)26-21(30)10-18(11-22(26)31)29(39-3)14-40-15-29/h4-7,10-13,16-17,25,38H,8-9,14-15,32H2,1-3H3,(H,34,35)/t16-,17+,25+,28+/m0/s1. The van der Waals surface area contributed by atoms with E-state index in [2.05, 4.69) is 20.4 Å². The molecule has 3 aromatic heterocycles. The lowest BCUT2D eigenvalue weighted by Gasteiger charge is -2.44. The van der Waals surface area contributed by atoms with Gasteiger partial charge in [-0.15, -0.1) is 0 Å². The van der Waals surface area contributed by atoms with Gasteiger partial charge in [0.1, 0.15) is 17.2 Å². The molecule has 40 heavy (non-hydrogen) atoms. The first-order valence-electron chi connectivity index (χ1n) is 13.3. The number of hydrogen-bond donors (Lipinski definition) is 3. The summed E-state index contributed by atoms with van der Waals surface area (Å²) in [6, 6.07) is 7.39. The van der Waals surface area contributed by atoms with E-state index < -0.39 is 22.8 Å². The second-order valence-electron chi connectivity index (χ2n) is 11.1. The molecule has 1 aromatic carbocycles. The highest BCUT2D eigenvalue weighted by molar-refractivity contribution is 5.66. The van der Waals surface area contributed by atoms with E-state index in [1.165, 1.54) is 23.8 Å². The van der Waals surface area contributed by atoms with Crippen molar-refractivity contribution in [2.24, 2.45) is 11.7 Å². The van der Waals surface area contributed by atoms with Crippen LogP contribution in [0.5, 0.6) is 0 Å². The van der Waals surface area contributed by atoms with Gasteiger partial charge in [0, 0.05) is 19.3 Å². The van der Waals surface area contributed by atoms with Crippen LogP contribution < -0.4 is 11.1 Å². The van der Waals surface area contributed by atoms with Gasteiger partial charge in [-0.25, -0.2) is 13.8 Å². The van der Waals surface area contributed by atoms with Crippen molar-refractivity contribution < 1.29 is 23.4 Å². The highest BCUT2D eigenvalue weighted by Crippen LogP contribution is 2.43. The zero-order valence-corrected chi connectivity index (χ0v) is 22.6. The lowest BCUT2D eigenvalue weighted by Crippen LogP contribution is -2.54. The van der Waals surface area contributed by atoms with Crippen LogP contribution in [-0.4, -0.2) is 56.7 Å². The van der Waals surface area contributed by atoms with Gasteiger partial charge in [0.2, 0.25) is 5.95 Å². The molecule has 4 heterocycles. The maximum absolute atomic E-state index is 15.3. The Kier molecular flexibility index (Phi) is 6.57. The van der Waals surface area contributed by atoms with Gasteiger partial charge in [-0.2, -0.15) is 9.61 Å². The first-order valence-corrected chi connectivity index (χ1v) is 13.3. The van der Waals surface area contributed by atoms with Crippen LogP contribution in [0.2, 0.25) is 0 Å². The average molecular weight is 551 g/mol. The van der Waals surface area contributed by atoms with E-state index in [1.54, 1.807) is 37.6 Å². The number of ether oxygens (including phenoxy) is 2. The smallest absolute Gasteiger partial charge is 0.229 e. The predicted molar refractivity (Wildman–Crippen MR) is 145 cm³/mol. The molecule has 11 heteroatoms. The minimum Gasteiger partial charge on any atom is -0.388 e. The number of fused-ring (bicyclic) bond motifs is 1. The second kappa shape index (κ2) is 9.84. The Morgan fingerprint density at radius 3 is 2.55 bits per heavy atom. The quantitative estimate of drug-likeness (QED) is 0.326. The van der Waals surface area contributed by atoms with Crippen LogP contribution in [0.15, 0.2) is 48.9 Å². The van der Waals surface area contributed by atoms with Crippen LogP contribution in [0, 0.1) is 17.6 Å². The summed E-state index contributed by atoms with van der Waals surface area (Å²) in [6.45, 7) is 4.27. The van der Waals surface area contributed by atoms with Gasteiger partial charge in [0.05, 0.1) is 53.7 Å². The lowest BCUT2D eigenvalue weighted by atomic mass is 9.68. The number of anilines is 2. The Bertz CT molecular complexity index is 1530. The number of methoxy groups -OCH3 is 1. The summed E-state index contributed by atoms with van der Waals surface area (Å²) in [5, 5.41) is 18.6. The Balaban J connectivity index is 1.33. The molecule has 0 amide bonds. The largest absolute Gasteiger partial charge is 0.388 e. The van der Waals surface area contributed by atoms with E-state index in [4.69, 9.17) is 15.2 Å².